The van der Waals surface area contributed by atoms with Gasteiger partial charge in [-0.1, -0.05) is 18.2 Å². The molecule has 0 radical (unpaired) electrons. The molecule has 0 saturated heterocycles. The van der Waals surface area contributed by atoms with Crippen molar-refractivity contribution < 1.29 is 9.90 Å². The number of phenolic OH excluding ortho intramolecular Hbond substituents is 1. The van der Waals surface area contributed by atoms with Crippen LogP contribution in [0.4, 0.5) is 0 Å². The fourth-order valence-corrected chi connectivity index (χ4v) is 1.29. The SMILES string of the molecule is CC(=O)NCC=Cc1cc(C)cc(O)c1. The second-order valence-electron chi connectivity index (χ2n) is 3.44. The average Bonchev–Trinajstić information content (AvgIpc) is 2.10. The number of rotatable bonds is 3. The van der Waals surface area contributed by atoms with E-state index in [1.54, 1.807) is 12.1 Å². The maximum absolute atomic E-state index is 10.6. The lowest BCUT2D eigenvalue weighted by Crippen LogP contribution is -2.19. The minimum atomic E-state index is -0.0493. The maximum atomic E-state index is 10.6. The smallest absolute Gasteiger partial charge is 0.217 e. The molecule has 80 valence electrons. The Labute approximate surface area is 89.4 Å². The van der Waals surface area contributed by atoms with Crippen LogP contribution in [0, 0.1) is 6.92 Å². The van der Waals surface area contributed by atoms with Gasteiger partial charge in [-0.3, -0.25) is 4.79 Å². The minimum Gasteiger partial charge on any atom is -0.508 e. The van der Waals surface area contributed by atoms with E-state index in [1.165, 1.54) is 6.92 Å². The van der Waals surface area contributed by atoms with E-state index in [2.05, 4.69) is 5.32 Å². The molecule has 0 aliphatic carbocycles. The molecule has 3 heteroatoms. The molecule has 0 aliphatic heterocycles. The Balaban J connectivity index is 2.60. The molecule has 1 aromatic carbocycles. The molecule has 0 aromatic heterocycles. The normalized spacial score (nSPS) is 10.5. The summed E-state index contributed by atoms with van der Waals surface area (Å²) in [5.74, 6) is 0.209. The summed E-state index contributed by atoms with van der Waals surface area (Å²) in [6, 6.07) is 5.34. The summed E-state index contributed by atoms with van der Waals surface area (Å²) in [5.41, 5.74) is 1.94. The van der Waals surface area contributed by atoms with Crippen LogP contribution in [0.15, 0.2) is 24.3 Å². The van der Waals surface area contributed by atoms with Crippen molar-refractivity contribution in [3.05, 3.63) is 35.4 Å². The second-order valence-corrected chi connectivity index (χ2v) is 3.44. The lowest BCUT2D eigenvalue weighted by molar-refractivity contribution is -0.118. The van der Waals surface area contributed by atoms with Gasteiger partial charge < -0.3 is 10.4 Å². The Morgan fingerprint density at radius 3 is 2.80 bits per heavy atom. The van der Waals surface area contributed by atoms with Crippen LogP contribution in [-0.2, 0) is 4.79 Å². The highest BCUT2D eigenvalue weighted by atomic mass is 16.3. The van der Waals surface area contributed by atoms with Crippen molar-refractivity contribution in [2.75, 3.05) is 6.54 Å². The second kappa shape index (κ2) is 5.20. The summed E-state index contributed by atoms with van der Waals surface area (Å²) >= 11 is 0. The molecule has 0 fully saturated rings. The van der Waals surface area contributed by atoms with Crippen molar-refractivity contribution in [2.24, 2.45) is 0 Å². The first-order valence-corrected chi connectivity index (χ1v) is 4.79. The van der Waals surface area contributed by atoms with Crippen LogP contribution in [0.25, 0.3) is 6.08 Å². The van der Waals surface area contributed by atoms with E-state index in [1.807, 2.05) is 25.1 Å². The van der Waals surface area contributed by atoms with Crippen LogP contribution in [0.1, 0.15) is 18.1 Å². The van der Waals surface area contributed by atoms with Crippen LogP contribution >= 0.6 is 0 Å². The van der Waals surface area contributed by atoms with Gasteiger partial charge in [0.2, 0.25) is 5.91 Å². The summed E-state index contributed by atoms with van der Waals surface area (Å²) in [7, 11) is 0. The van der Waals surface area contributed by atoms with Crippen LogP contribution in [0.2, 0.25) is 0 Å². The van der Waals surface area contributed by atoms with Gasteiger partial charge in [-0.15, -0.1) is 0 Å². The molecule has 0 atom stereocenters. The molecule has 2 N–H and O–H groups in total. The van der Waals surface area contributed by atoms with Gasteiger partial charge >= 0.3 is 0 Å². The number of aromatic hydroxyl groups is 1. The predicted molar refractivity (Wildman–Crippen MR) is 60.6 cm³/mol. The Morgan fingerprint density at radius 2 is 2.20 bits per heavy atom. The maximum Gasteiger partial charge on any atom is 0.217 e. The van der Waals surface area contributed by atoms with Gasteiger partial charge in [-0.2, -0.15) is 0 Å². The summed E-state index contributed by atoms with van der Waals surface area (Å²) in [6.45, 7) is 3.90. The van der Waals surface area contributed by atoms with Crippen LogP contribution < -0.4 is 5.32 Å². The van der Waals surface area contributed by atoms with E-state index in [0.717, 1.165) is 11.1 Å². The van der Waals surface area contributed by atoms with Gasteiger partial charge in [0.15, 0.2) is 0 Å². The zero-order valence-electron chi connectivity index (χ0n) is 8.95. The molecule has 1 amide bonds. The van der Waals surface area contributed by atoms with Gasteiger partial charge in [0.05, 0.1) is 0 Å². The minimum absolute atomic E-state index is 0.0493. The Kier molecular flexibility index (Phi) is 3.92. The summed E-state index contributed by atoms with van der Waals surface area (Å²) in [6.07, 6.45) is 3.71. The number of aryl methyl sites for hydroxylation is 1. The number of carbonyl (C=O) groups is 1. The number of hydrogen-bond acceptors (Lipinski definition) is 2. The zero-order chi connectivity index (χ0) is 11.3. The quantitative estimate of drug-likeness (QED) is 0.791. The van der Waals surface area contributed by atoms with Gasteiger partial charge in [0, 0.05) is 13.5 Å². The Hall–Kier alpha value is -1.77. The van der Waals surface area contributed by atoms with Crippen LogP contribution in [0.3, 0.4) is 0 Å². The van der Waals surface area contributed by atoms with Gasteiger partial charge in [0.1, 0.15) is 5.75 Å². The highest BCUT2D eigenvalue weighted by Gasteiger charge is 1.93. The van der Waals surface area contributed by atoms with Crippen molar-refractivity contribution in [3.63, 3.8) is 0 Å². The summed E-state index contributed by atoms with van der Waals surface area (Å²) < 4.78 is 0. The van der Waals surface area contributed by atoms with Crippen molar-refractivity contribution in [1.82, 2.24) is 5.32 Å². The molecule has 1 aromatic rings. The van der Waals surface area contributed by atoms with E-state index >= 15 is 0 Å². The highest BCUT2D eigenvalue weighted by Crippen LogP contribution is 2.15. The lowest BCUT2D eigenvalue weighted by atomic mass is 10.1. The summed E-state index contributed by atoms with van der Waals surface area (Å²) in [5, 5.41) is 12.0. The third-order valence-corrected chi connectivity index (χ3v) is 1.86. The first-order valence-electron chi connectivity index (χ1n) is 4.79. The van der Waals surface area contributed by atoms with E-state index < -0.39 is 0 Å². The largest absolute Gasteiger partial charge is 0.508 e. The number of benzene rings is 1. The lowest BCUT2D eigenvalue weighted by Gasteiger charge is -1.99. The fourth-order valence-electron chi connectivity index (χ4n) is 1.29. The highest BCUT2D eigenvalue weighted by molar-refractivity contribution is 5.73. The molecular formula is C12H15NO2. The summed E-state index contributed by atoms with van der Waals surface area (Å²) in [4.78, 5) is 10.6. The Bertz CT molecular complexity index is 363. The molecule has 1 rings (SSSR count). The molecule has 15 heavy (non-hydrogen) atoms. The third kappa shape index (κ3) is 4.31. The molecule has 0 aliphatic rings. The Morgan fingerprint density at radius 1 is 1.47 bits per heavy atom. The number of hydrogen-bond donors (Lipinski definition) is 2. The first kappa shape index (κ1) is 11.3. The van der Waals surface area contributed by atoms with E-state index in [-0.39, 0.29) is 11.7 Å². The molecule has 0 heterocycles. The van der Waals surface area contributed by atoms with Crippen molar-refractivity contribution in [1.29, 1.82) is 0 Å². The van der Waals surface area contributed by atoms with Gasteiger partial charge in [-0.05, 0) is 30.2 Å². The number of phenols is 1. The van der Waals surface area contributed by atoms with E-state index in [4.69, 9.17) is 0 Å². The molecule has 0 spiro atoms. The zero-order valence-corrected chi connectivity index (χ0v) is 8.95. The monoisotopic (exact) mass is 205 g/mol. The molecule has 0 unspecified atom stereocenters. The third-order valence-electron chi connectivity index (χ3n) is 1.86. The average molecular weight is 205 g/mol. The number of nitrogens with one attached hydrogen (secondary N) is 1. The van der Waals surface area contributed by atoms with Crippen LogP contribution in [0.5, 0.6) is 5.75 Å². The van der Waals surface area contributed by atoms with E-state index in [9.17, 15) is 9.90 Å². The first-order chi connectivity index (χ1) is 7.08. The van der Waals surface area contributed by atoms with Crippen molar-refractivity contribution in [3.8, 4) is 5.75 Å². The van der Waals surface area contributed by atoms with E-state index in [0.29, 0.717) is 6.54 Å². The molecule has 0 saturated carbocycles. The fraction of sp³-hybridized carbons (Fsp3) is 0.250. The molecule has 0 bridgehead atoms. The molecular weight excluding hydrogens is 190 g/mol. The topological polar surface area (TPSA) is 49.3 Å². The molecule has 3 nitrogen and oxygen atoms in total. The van der Waals surface area contributed by atoms with Crippen molar-refractivity contribution >= 4 is 12.0 Å². The van der Waals surface area contributed by atoms with Gasteiger partial charge in [0.25, 0.3) is 0 Å². The standard InChI is InChI=1S/C12H15NO2/c1-9-6-11(8-12(15)7-9)4-3-5-13-10(2)14/h3-4,6-8,15H,5H2,1-2H3,(H,13,14). The number of amides is 1. The van der Waals surface area contributed by atoms with Gasteiger partial charge in [-0.25, -0.2) is 0 Å². The van der Waals surface area contributed by atoms with Crippen molar-refractivity contribution in [2.45, 2.75) is 13.8 Å². The van der Waals surface area contributed by atoms with Crippen LogP contribution in [-0.4, -0.2) is 17.6 Å². The number of carbonyl (C=O) groups excluding carboxylic acids is 1. The predicted octanol–water partition coefficient (Wildman–Crippen LogP) is 1.85.